The minimum absolute atomic E-state index is 0.0443. The predicted molar refractivity (Wildman–Crippen MR) is 51.7 cm³/mol. The van der Waals surface area contributed by atoms with Crippen molar-refractivity contribution < 1.29 is 23.1 Å². The van der Waals surface area contributed by atoms with Crippen LogP contribution in [0.1, 0.15) is 12.5 Å². The molecule has 0 bridgehead atoms. The summed E-state index contributed by atoms with van der Waals surface area (Å²) in [6.07, 6.45) is -0.295. The van der Waals surface area contributed by atoms with Crippen molar-refractivity contribution in [3.05, 3.63) is 35.4 Å². The van der Waals surface area contributed by atoms with E-state index >= 15 is 0 Å². The highest BCUT2D eigenvalue weighted by Crippen LogP contribution is 2.10. The Morgan fingerprint density at radius 1 is 1.31 bits per heavy atom. The van der Waals surface area contributed by atoms with Gasteiger partial charge in [-0.2, -0.15) is 0 Å². The Labute approximate surface area is 91.0 Å². The van der Waals surface area contributed by atoms with Crippen LogP contribution in [0.3, 0.4) is 0 Å². The molecule has 0 N–H and O–H groups in total. The molecular formula is C11H10F2O3. The van der Waals surface area contributed by atoms with E-state index in [-0.39, 0.29) is 12.0 Å². The highest BCUT2D eigenvalue weighted by Gasteiger charge is 2.10. The van der Waals surface area contributed by atoms with Crippen LogP contribution in [0.5, 0.6) is 0 Å². The molecule has 0 aliphatic carbocycles. The van der Waals surface area contributed by atoms with E-state index in [1.807, 2.05) is 0 Å². The van der Waals surface area contributed by atoms with Crippen LogP contribution in [0.15, 0.2) is 18.2 Å². The van der Waals surface area contributed by atoms with Crippen molar-refractivity contribution in [1.82, 2.24) is 0 Å². The van der Waals surface area contributed by atoms with Crippen LogP contribution in [-0.4, -0.2) is 18.4 Å². The second-order valence-electron chi connectivity index (χ2n) is 3.23. The van der Waals surface area contributed by atoms with Crippen LogP contribution in [0.4, 0.5) is 8.78 Å². The summed E-state index contributed by atoms with van der Waals surface area (Å²) < 4.78 is 30.3. The van der Waals surface area contributed by atoms with Gasteiger partial charge in [0.15, 0.2) is 5.78 Å². The smallest absolute Gasteiger partial charge is 0.303 e. The van der Waals surface area contributed by atoms with Gasteiger partial charge in [0.05, 0.1) is 0 Å². The van der Waals surface area contributed by atoms with Crippen molar-refractivity contribution in [2.45, 2.75) is 13.3 Å². The lowest BCUT2D eigenvalue weighted by molar-refractivity contribution is -0.145. The minimum atomic E-state index is -0.655. The maximum absolute atomic E-state index is 13.1. The van der Waals surface area contributed by atoms with Gasteiger partial charge in [-0.1, -0.05) is 0 Å². The first-order chi connectivity index (χ1) is 7.49. The molecule has 0 saturated heterocycles. The molecule has 0 amide bonds. The molecule has 86 valence electrons. The van der Waals surface area contributed by atoms with Gasteiger partial charge in [0.1, 0.15) is 18.2 Å². The fourth-order valence-electron chi connectivity index (χ4n) is 1.12. The second-order valence-corrected chi connectivity index (χ2v) is 3.23. The van der Waals surface area contributed by atoms with Gasteiger partial charge in [0.2, 0.25) is 0 Å². The van der Waals surface area contributed by atoms with Crippen LogP contribution in [0.2, 0.25) is 0 Å². The topological polar surface area (TPSA) is 43.4 Å². The van der Waals surface area contributed by atoms with Crippen LogP contribution in [0, 0.1) is 11.6 Å². The Morgan fingerprint density at radius 2 is 2.00 bits per heavy atom. The molecule has 0 saturated carbocycles. The maximum Gasteiger partial charge on any atom is 0.303 e. The number of hydrogen-bond donors (Lipinski definition) is 0. The van der Waals surface area contributed by atoms with E-state index in [4.69, 9.17) is 0 Å². The average molecular weight is 228 g/mol. The normalized spacial score (nSPS) is 9.94. The van der Waals surface area contributed by atoms with Crippen molar-refractivity contribution in [3.63, 3.8) is 0 Å². The first kappa shape index (κ1) is 12.3. The van der Waals surface area contributed by atoms with Gasteiger partial charge in [-0.05, 0) is 23.8 Å². The molecule has 1 aromatic rings. The number of benzene rings is 1. The zero-order chi connectivity index (χ0) is 12.1. The molecule has 0 unspecified atom stereocenters. The van der Waals surface area contributed by atoms with E-state index in [1.54, 1.807) is 0 Å². The molecule has 3 nitrogen and oxygen atoms in total. The number of ketones is 1. The first-order valence-electron chi connectivity index (χ1n) is 4.58. The summed E-state index contributed by atoms with van der Waals surface area (Å²) in [5.74, 6) is -2.35. The Kier molecular flexibility index (Phi) is 4.10. The molecule has 0 fully saturated rings. The van der Waals surface area contributed by atoms with Gasteiger partial charge in [0, 0.05) is 13.3 Å². The fourth-order valence-corrected chi connectivity index (χ4v) is 1.12. The number of carbonyl (C=O) groups is 2. The van der Waals surface area contributed by atoms with Gasteiger partial charge in [-0.25, -0.2) is 8.78 Å². The third-order valence-electron chi connectivity index (χ3n) is 1.83. The monoisotopic (exact) mass is 228 g/mol. The maximum atomic E-state index is 13.1. The molecule has 5 heteroatoms. The van der Waals surface area contributed by atoms with Gasteiger partial charge in [-0.3, -0.25) is 9.59 Å². The molecule has 0 spiro atoms. The molecule has 1 aromatic carbocycles. The van der Waals surface area contributed by atoms with Crippen LogP contribution >= 0.6 is 0 Å². The molecule has 0 atom stereocenters. The van der Waals surface area contributed by atoms with E-state index in [2.05, 4.69) is 4.74 Å². The van der Waals surface area contributed by atoms with Gasteiger partial charge in [0.25, 0.3) is 0 Å². The third-order valence-corrected chi connectivity index (χ3v) is 1.83. The number of Topliss-reactive ketones (excluding diaryl/α,β-unsaturated/α-hetero) is 1. The average Bonchev–Trinajstić information content (AvgIpc) is 2.20. The molecule has 0 aliphatic rings. The number of carbonyl (C=O) groups excluding carboxylic acids is 2. The van der Waals surface area contributed by atoms with Gasteiger partial charge < -0.3 is 4.74 Å². The zero-order valence-electron chi connectivity index (χ0n) is 8.63. The molecule has 0 heterocycles. The van der Waals surface area contributed by atoms with Crippen LogP contribution in [0.25, 0.3) is 0 Å². The largest absolute Gasteiger partial charge is 0.458 e. The molecule has 0 radical (unpaired) electrons. The Hall–Kier alpha value is -1.78. The summed E-state index contributed by atoms with van der Waals surface area (Å²) >= 11 is 0. The molecule has 0 aliphatic heterocycles. The summed E-state index contributed by atoms with van der Waals surface area (Å²) in [4.78, 5) is 21.6. The van der Waals surface area contributed by atoms with Gasteiger partial charge in [-0.15, -0.1) is 0 Å². The van der Waals surface area contributed by atoms with E-state index < -0.39 is 30.0 Å². The SMILES string of the molecule is CC(=O)OCC(=O)Cc1cc(F)ccc1F. The number of halogens is 2. The fraction of sp³-hybridized carbons (Fsp3) is 0.273. The minimum Gasteiger partial charge on any atom is -0.458 e. The third kappa shape index (κ3) is 3.76. The molecule has 0 aromatic heterocycles. The van der Waals surface area contributed by atoms with E-state index in [9.17, 15) is 18.4 Å². The van der Waals surface area contributed by atoms with Crippen molar-refractivity contribution >= 4 is 11.8 Å². The molecule has 1 rings (SSSR count). The zero-order valence-corrected chi connectivity index (χ0v) is 8.63. The summed E-state index contributed by atoms with van der Waals surface area (Å²) in [6.45, 7) is 0.737. The van der Waals surface area contributed by atoms with Crippen molar-refractivity contribution in [1.29, 1.82) is 0 Å². The lowest BCUT2D eigenvalue weighted by Gasteiger charge is -2.03. The van der Waals surface area contributed by atoms with Crippen LogP contribution in [-0.2, 0) is 20.7 Å². The second kappa shape index (κ2) is 5.34. The van der Waals surface area contributed by atoms with E-state index in [0.717, 1.165) is 25.1 Å². The quantitative estimate of drug-likeness (QED) is 0.736. The van der Waals surface area contributed by atoms with E-state index in [0.29, 0.717) is 0 Å². The molecule has 16 heavy (non-hydrogen) atoms. The van der Waals surface area contributed by atoms with Crippen molar-refractivity contribution in [3.8, 4) is 0 Å². The number of esters is 1. The summed E-state index contributed by atoms with van der Waals surface area (Å²) in [5.41, 5.74) is -0.0443. The number of ether oxygens (including phenoxy) is 1. The van der Waals surface area contributed by atoms with Crippen molar-refractivity contribution in [2.24, 2.45) is 0 Å². The predicted octanol–water partition coefficient (Wildman–Crippen LogP) is 1.64. The van der Waals surface area contributed by atoms with E-state index in [1.165, 1.54) is 0 Å². The summed E-state index contributed by atoms with van der Waals surface area (Å²) in [7, 11) is 0. The highest BCUT2D eigenvalue weighted by molar-refractivity contribution is 5.83. The van der Waals surface area contributed by atoms with Crippen LogP contribution < -0.4 is 0 Å². The Bertz CT molecular complexity index is 416. The van der Waals surface area contributed by atoms with Gasteiger partial charge >= 0.3 is 5.97 Å². The first-order valence-corrected chi connectivity index (χ1v) is 4.58. The van der Waals surface area contributed by atoms with Crippen molar-refractivity contribution in [2.75, 3.05) is 6.61 Å². The lowest BCUT2D eigenvalue weighted by Crippen LogP contribution is -2.14. The summed E-state index contributed by atoms with van der Waals surface area (Å²) in [5, 5.41) is 0. The highest BCUT2D eigenvalue weighted by atomic mass is 19.1. The summed E-state index contributed by atoms with van der Waals surface area (Å²) in [6, 6.07) is 2.86. The Morgan fingerprint density at radius 3 is 2.62 bits per heavy atom. The Balaban J connectivity index is 2.62. The standard InChI is InChI=1S/C11H10F2O3/c1-7(14)16-6-10(15)5-8-4-9(12)2-3-11(8)13/h2-4H,5-6H2,1H3. The number of hydrogen-bond acceptors (Lipinski definition) is 3. The lowest BCUT2D eigenvalue weighted by atomic mass is 10.1. The number of rotatable bonds is 4. The molecular weight excluding hydrogens is 218 g/mol.